The van der Waals surface area contributed by atoms with Gasteiger partial charge < -0.3 is 14.7 Å². The molecule has 0 bridgehead atoms. The Hall–Kier alpha value is -1.91. The normalized spacial score (nSPS) is 16.2. The van der Waals surface area contributed by atoms with Gasteiger partial charge in [0.2, 0.25) is 0 Å². The van der Waals surface area contributed by atoms with Gasteiger partial charge in [-0.15, -0.1) is 0 Å². The smallest absolute Gasteiger partial charge is 0.113 e. The minimum absolute atomic E-state index is 0.675. The molecule has 3 rings (SSSR count). The quantitative estimate of drug-likeness (QED) is 0.523. The third-order valence-corrected chi connectivity index (χ3v) is 4.22. The number of aliphatic hydroxyl groups is 1. The Labute approximate surface area is 129 Å². The summed E-state index contributed by atoms with van der Waals surface area (Å²) in [5, 5.41) is 12.0. The predicted molar refractivity (Wildman–Crippen MR) is 89.5 cm³/mol. The second kappa shape index (κ2) is 6.24. The van der Waals surface area contributed by atoms with E-state index < -0.39 is 0 Å². The zero-order chi connectivity index (χ0) is 14.7. The van der Waals surface area contributed by atoms with Gasteiger partial charge in [0, 0.05) is 13.1 Å². The first kappa shape index (κ1) is 14.0. The van der Waals surface area contributed by atoms with Crippen molar-refractivity contribution in [1.29, 1.82) is 0 Å². The summed E-state index contributed by atoms with van der Waals surface area (Å²) < 4.78 is 5.36. The molecule has 1 aliphatic rings. The van der Waals surface area contributed by atoms with Crippen LogP contribution in [0.15, 0.2) is 48.7 Å². The molecule has 2 aromatic carbocycles. The lowest BCUT2D eigenvalue weighted by Crippen LogP contribution is -2.40. The van der Waals surface area contributed by atoms with Crippen molar-refractivity contribution in [3.63, 3.8) is 0 Å². The van der Waals surface area contributed by atoms with Crippen LogP contribution in [-0.4, -0.2) is 41.3 Å². The maximum Gasteiger partial charge on any atom is 0.113 e. The van der Waals surface area contributed by atoms with Crippen LogP contribution in [-0.2, 0) is 4.74 Å². The van der Waals surface area contributed by atoms with Gasteiger partial charge in [0.1, 0.15) is 4.99 Å². The van der Waals surface area contributed by atoms with Crippen molar-refractivity contribution in [3.05, 3.63) is 54.3 Å². The fourth-order valence-corrected chi connectivity index (χ4v) is 2.98. The molecule has 0 spiro atoms. The molecule has 0 aromatic heterocycles. The van der Waals surface area contributed by atoms with E-state index in [1.165, 1.54) is 0 Å². The van der Waals surface area contributed by atoms with Crippen LogP contribution in [0.2, 0.25) is 0 Å². The molecule has 3 nitrogen and oxygen atoms in total. The van der Waals surface area contributed by atoms with E-state index in [-0.39, 0.29) is 0 Å². The van der Waals surface area contributed by atoms with Crippen LogP contribution in [0.1, 0.15) is 5.56 Å². The number of aliphatic hydroxyl groups excluding tert-OH is 1. The maximum atomic E-state index is 9.73. The topological polar surface area (TPSA) is 32.7 Å². The Bertz CT molecular complexity index is 685. The van der Waals surface area contributed by atoms with Crippen molar-refractivity contribution >= 4 is 33.6 Å². The molecule has 0 aliphatic carbocycles. The zero-order valence-corrected chi connectivity index (χ0v) is 12.5. The molecule has 1 saturated heterocycles. The van der Waals surface area contributed by atoms with E-state index in [4.69, 9.17) is 17.0 Å². The van der Waals surface area contributed by atoms with E-state index in [2.05, 4.69) is 23.1 Å². The van der Waals surface area contributed by atoms with E-state index in [0.29, 0.717) is 23.8 Å². The minimum Gasteiger partial charge on any atom is -0.515 e. The van der Waals surface area contributed by atoms with Gasteiger partial charge in [0.05, 0.1) is 25.0 Å². The summed E-state index contributed by atoms with van der Waals surface area (Å²) in [5.74, 6) is 0. The van der Waals surface area contributed by atoms with Crippen LogP contribution in [0.25, 0.3) is 16.3 Å². The third kappa shape index (κ3) is 2.77. The summed E-state index contributed by atoms with van der Waals surface area (Å²) in [5.41, 5.74) is 1.66. The highest BCUT2D eigenvalue weighted by molar-refractivity contribution is 7.81. The minimum atomic E-state index is 0.675. The van der Waals surface area contributed by atoms with Crippen molar-refractivity contribution in [2.24, 2.45) is 0 Å². The van der Waals surface area contributed by atoms with Crippen molar-refractivity contribution in [1.82, 2.24) is 4.90 Å². The summed E-state index contributed by atoms with van der Waals surface area (Å²) in [7, 11) is 0. The van der Waals surface area contributed by atoms with E-state index in [1.807, 2.05) is 24.3 Å². The van der Waals surface area contributed by atoms with Crippen LogP contribution in [0.3, 0.4) is 0 Å². The molecular formula is C17H17NO2S. The molecule has 0 unspecified atom stereocenters. The molecule has 21 heavy (non-hydrogen) atoms. The maximum absolute atomic E-state index is 9.73. The van der Waals surface area contributed by atoms with Crippen LogP contribution >= 0.6 is 12.2 Å². The molecule has 1 fully saturated rings. The van der Waals surface area contributed by atoms with Crippen molar-refractivity contribution in [2.75, 3.05) is 26.3 Å². The monoisotopic (exact) mass is 299 g/mol. The lowest BCUT2D eigenvalue weighted by molar-refractivity contribution is 0.0696. The molecule has 4 heteroatoms. The fourth-order valence-electron chi connectivity index (χ4n) is 2.64. The van der Waals surface area contributed by atoms with E-state index in [9.17, 15) is 5.11 Å². The number of hydrogen-bond donors (Lipinski definition) is 1. The fraction of sp³-hybridized carbons (Fsp3) is 0.235. The SMILES string of the molecule is O/C=C(\C(=S)N1CCOCC1)c1cccc2ccccc12. The average molecular weight is 299 g/mol. The van der Waals surface area contributed by atoms with Crippen LogP contribution in [0, 0.1) is 0 Å². The summed E-state index contributed by atoms with van der Waals surface area (Å²) in [6.45, 7) is 2.88. The Morgan fingerprint density at radius 2 is 1.81 bits per heavy atom. The van der Waals surface area contributed by atoms with Gasteiger partial charge in [-0.1, -0.05) is 54.7 Å². The summed E-state index contributed by atoms with van der Waals surface area (Å²) in [6, 6.07) is 14.2. The summed E-state index contributed by atoms with van der Waals surface area (Å²) in [6.07, 6.45) is 1.12. The van der Waals surface area contributed by atoms with Crippen LogP contribution < -0.4 is 0 Å². The van der Waals surface area contributed by atoms with Gasteiger partial charge in [-0.2, -0.15) is 0 Å². The van der Waals surface area contributed by atoms with Gasteiger partial charge in [0.25, 0.3) is 0 Å². The van der Waals surface area contributed by atoms with Crippen molar-refractivity contribution in [2.45, 2.75) is 0 Å². The molecule has 0 atom stereocenters. The van der Waals surface area contributed by atoms with Gasteiger partial charge in [-0.05, 0) is 16.3 Å². The largest absolute Gasteiger partial charge is 0.515 e. The first-order valence-corrected chi connectivity index (χ1v) is 7.41. The van der Waals surface area contributed by atoms with Crippen LogP contribution in [0.5, 0.6) is 0 Å². The molecule has 0 radical (unpaired) electrons. The number of thiocarbonyl (C=S) groups is 1. The second-order valence-corrected chi connectivity index (χ2v) is 5.36. The van der Waals surface area contributed by atoms with E-state index >= 15 is 0 Å². The van der Waals surface area contributed by atoms with E-state index in [1.54, 1.807) is 0 Å². The number of benzene rings is 2. The first-order valence-electron chi connectivity index (χ1n) is 7.01. The molecule has 2 aromatic rings. The van der Waals surface area contributed by atoms with E-state index in [0.717, 1.165) is 35.7 Å². The molecule has 1 heterocycles. The van der Waals surface area contributed by atoms with Crippen LogP contribution in [0.4, 0.5) is 0 Å². The molecular weight excluding hydrogens is 282 g/mol. The first-order chi connectivity index (χ1) is 10.3. The highest BCUT2D eigenvalue weighted by atomic mass is 32.1. The number of ether oxygens (including phenoxy) is 1. The van der Waals surface area contributed by atoms with Gasteiger partial charge in [0.15, 0.2) is 0 Å². The number of hydrogen-bond acceptors (Lipinski definition) is 3. The number of nitrogens with zero attached hydrogens (tertiary/aromatic N) is 1. The molecule has 108 valence electrons. The lowest BCUT2D eigenvalue weighted by atomic mass is 9.98. The molecule has 1 N–H and O–H groups in total. The molecule has 0 amide bonds. The Morgan fingerprint density at radius 3 is 2.57 bits per heavy atom. The molecule has 1 aliphatic heterocycles. The Balaban J connectivity index is 2.00. The van der Waals surface area contributed by atoms with Gasteiger partial charge in [-0.3, -0.25) is 0 Å². The van der Waals surface area contributed by atoms with Gasteiger partial charge in [-0.25, -0.2) is 0 Å². The van der Waals surface area contributed by atoms with Gasteiger partial charge >= 0.3 is 0 Å². The number of rotatable bonds is 2. The average Bonchev–Trinajstić information content (AvgIpc) is 2.56. The zero-order valence-electron chi connectivity index (χ0n) is 11.7. The molecule has 0 saturated carbocycles. The van der Waals surface area contributed by atoms with Crippen molar-refractivity contribution in [3.8, 4) is 0 Å². The number of morpholine rings is 1. The number of fused-ring (bicyclic) bond motifs is 1. The highest BCUT2D eigenvalue weighted by Gasteiger charge is 2.19. The lowest BCUT2D eigenvalue weighted by Gasteiger charge is -2.30. The second-order valence-electron chi connectivity index (χ2n) is 4.97. The summed E-state index contributed by atoms with van der Waals surface area (Å²) in [4.78, 5) is 2.76. The Morgan fingerprint density at radius 1 is 1.10 bits per heavy atom. The standard InChI is InChI=1S/C17H17NO2S/c19-12-16(17(21)18-8-10-20-11-9-18)15-7-3-5-13-4-1-2-6-14(13)15/h1-7,12,19H,8-11H2/b16-12-. The van der Waals surface area contributed by atoms with Crippen molar-refractivity contribution < 1.29 is 9.84 Å². The summed E-state index contributed by atoms with van der Waals surface area (Å²) >= 11 is 5.58. The third-order valence-electron chi connectivity index (χ3n) is 3.74. The highest BCUT2D eigenvalue weighted by Crippen LogP contribution is 2.27. The predicted octanol–water partition coefficient (Wildman–Crippen LogP) is 3.40. The Kier molecular flexibility index (Phi) is 4.18.